The summed E-state index contributed by atoms with van der Waals surface area (Å²) in [5.41, 5.74) is 20.6. The molecule has 14 rings (SSSR count). The second-order valence-corrected chi connectivity index (χ2v) is 23.4. The maximum absolute atomic E-state index is 7.20. The molecule has 414 valence electrons. The summed E-state index contributed by atoms with van der Waals surface area (Å²) >= 11 is 0. The first-order valence-corrected chi connectivity index (χ1v) is 29.1. The molecule has 0 saturated heterocycles. The zero-order valence-electron chi connectivity index (χ0n) is 48.7. The predicted octanol–water partition coefficient (Wildman–Crippen LogP) is 20.8. The van der Waals surface area contributed by atoms with Gasteiger partial charge in [-0.25, -0.2) is 0 Å². The molecule has 0 N–H and O–H groups in total. The smallest absolute Gasteiger partial charge is 0.501 e. The fourth-order valence-corrected chi connectivity index (χ4v) is 12.4. The van der Waals surface area contributed by atoms with Gasteiger partial charge in [0.2, 0.25) is 0 Å². The molecule has 0 aliphatic carbocycles. The van der Waals surface area contributed by atoms with Gasteiger partial charge in [0.25, 0.3) is 0 Å². The third-order valence-electron chi connectivity index (χ3n) is 16.5. The molecule has 84 heavy (non-hydrogen) atoms. The third kappa shape index (κ3) is 9.40. The number of fused-ring (bicyclic) bond motifs is 8. The Morgan fingerprint density at radius 2 is 0.952 bits per heavy atom. The van der Waals surface area contributed by atoms with Gasteiger partial charge in [0.15, 0.2) is 0 Å². The average Bonchev–Trinajstić information content (AvgIpc) is 1.75. The van der Waals surface area contributed by atoms with Gasteiger partial charge in [-0.3, -0.25) is 15.0 Å². The van der Waals surface area contributed by atoms with Gasteiger partial charge >= 0.3 is 21.1 Å². The van der Waals surface area contributed by atoms with Crippen LogP contribution in [0, 0.1) is 19.1 Å². The van der Waals surface area contributed by atoms with E-state index in [4.69, 9.17) is 24.1 Å². The number of aromatic nitrogens is 5. The second-order valence-electron chi connectivity index (χ2n) is 23.4. The fraction of sp³-hybridized carbons (Fsp3) is 0.171. The van der Waals surface area contributed by atoms with Crippen LogP contribution in [0.4, 0.5) is 0 Å². The van der Waals surface area contributed by atoms with Crippen molar-refractivity contribution in [2.75, 3.05) is 0 Å². The molecule has 0 aliphatic heterocycles. The van der Waals surface area contributed by atoms with Gasteiger partial charge in [-0.1, -0.05) is 182 Å². The topological polar surface area (TPSA) is 70.9 Å². The molecule has 0 amide bonds. The Hall–Kier alpha value is -8.90. The number of para-hydroxylation sites is 4. The van der Waals surface area contributed by atoms with Gasteiger partial charge in [0, 0.05) is 39.3 Å². The summed E-state index contributed by atoms with van der Waals surface area (Å²) in [5, 5.41) is 5.04. The monoisotopic (exact) mass is 1270 g/mol. The summed E-state index contributed by atoms with van der Waals surface area (Å²) in [6.45, 7) is 20.3. The van der Waals surface area contributed by atoms with Crippen molar-refractivity contribution < 1.29 is 30.2 Å². The van der Waals surface area contributed by atoms with Crippen LogP contribution in [0.5, 0.6) is 11.5 Å². The normalized spacial score (nSPS) is 12.0. The maximum atomic E-state index is 7.20. The van der Waals surface area contributed by atoms with Crippen LogP contribution >= 0.6 is 0 Å². The zero-order valence-corrected chi connectivity index (χ0v) is 50.9. The van der Waals surface area contributed by atoms with Crippen LogP contribution in [0.2, 0.25) is 0 Å². The van der Waals surface area contributed by atoms with Crippen molar-refractivity contribution in [1.82, 2.24) is 24.1 Å². The molecule has 10 aromatic carbocycles. The molecule has 0 atom stereocenters. The Labute approximate surface area is 504 Å². The summed E-state index contributed by atoms with van der Waals surface area (Å²) in [6.07, 6.45) is 0. The molecule has 0 radical (unpaired) electrons. The van der Waals surface area contributed by atoms with E-state index < -0.39 is 0 Å². The van der Waals surface area contributed by atoms with E-state index in [1.165, 1.54) is 44.5 Å². The standard InChI is InChI=1S/C76H63N5O2.Pt/c1-44(2)58-37-54(49-21-12-10-13-22-49)38-59(45(3)4)72(58)80-68-29-18-16-27-65(68)78-75(80)53-25-20-26-56(35-53)82-57-42-63-71-62-36-52-32-31-48(9)77-67(52)41-51(62)33-34-70(71)83-74(63)64(43-57)76-79-66-28-17-19-30-69(66)81(76)73-60(46(5)6)39-55(40-61(73)47(7)8)50-23-14-11-15-24-50;/h10-34,36-42,44-47H,1-9H3;/q-2;+2. The molecule has 0 saturated carbocycles. The molecule has 4 aromatic heterocycles. The van der Waals surface area contributed by atoms with Crippen molar-refractivity contribution in [1.29, 1.82) is 0 Å². The second kappa shape index (κ2) is 21.7. The van der Waals surface area contributed by atoms with E-state index in [9.17, 15) is 0 Å². The van der Waals surface area contributed by atoms with Crippen LogP contribution in [0.15, 0.2) is 199 Å². The van der Waals surface area contributed by atoms with Crippen molar-refractivity contribution in [2.45, 2.75) is 86.0 Å². The SMILES string of the molecule is Cc1ccc2cc3c(ccc4oc5c(-c6nc7ccccc7n6-c6c(C(C)C)cc(-c7ccccc7)cc6C(C)C)[c-]c(Oc6[c-]c(-c7nc8ccccc8n7-c7c(C(C)C)cc(-c8ccccc8)cc7C(C)C)ccc6)cc5c43)cc2n1.[Pt+2]. The van der Waals surface area contributed by atoms with Crippen molar-refractivity contribution in [3.63, 3.8) is 0 Å². The number of pyridine rings is 1. The van der Waals surface area contributed by atoms with Crippen LogP contribution in [0.1, 0.15) is 107 Å². The minimum atomic E-state index is 0. The van der Waals surface area contributed by atoms with Crippen LogP contribution in [0.3, 0.4) is 0 Å². The quantitative estimate of drug-likeness (QED) is 0.0900. The number of imidazole rings is 2. The van der Waals surface area contributed by atoms with Gasteiger partial charge in [-0.05, 0) is 159 Å². The molecular weight excluding hydrogens is 1210 g/mol. The Morgan fingerprint density at radius 1 is 0.429 bits per heavy atom. The zero-order chi connectivity index (χ0) is 56.8. The Balaban J connectivity index is 0.00000658. The van der Waals surface area contributed by atoms with Crippen molar-refractivity contribution in [3.05, 3.63) is 234 Å². The number of hydrogen-bond donors (Lipinski definition) is 0. The Kier molecular flexibility index (Phi) is 14.0. The minimum Gasteiger partial charge on any atom is -0.501 e. The van der Waals surface area contributed by atoms with Crippen LogP contribution in [-0.4, -0.2) is 24.1 Å². The fourth-order valence-electron chi connectivity index (χ4n) is 12.4. The van der Waals surface area contributed by atoms with Gasteiger partial charge in [0.05, 0.1) is 44.8 Å². The van der Waals surface area contributed by atoms with E-state index in [0.717, 1.165) is 88.6 Å². The Bertz CT molecular complexity index is 4800. The van der Waals surface area contributed by atoms with E-state index in [-0.39, 0.29) is 44.7 Å². The molecular formula is C76H63N5O2Pt. The van der Waals surface area contributed by atoms with Crippen LogP contribution in [-0.2, 0) is 21.1 Å². The number of rotatable bonds is 12. The van der Waals surface area contributed by atoms with E-state index in [2.05, 4.69) is 259 Å². The molecule has 0 aliphatic rings. The molecule has 0 spiro atoms. The largest absolute Gasteiger partial charge is 2.00 e. The number of nitrogens with zero attached hydrogens (tertiary/aromatic N) is 5. The number of ether oxygens (including phenoxy) is 1. The summed E-state index contributed by atoms with van der Waals surface area (Å²) in [7, 11) is 0. The Morgan fingerprint density at radius 3 is 1.52 bits per heavy atom. The molecule has 4 heterocycles. The van der Waals surface area contributed by atoms with E-state index in [1.807, 2.05) is 19.1 Å². The van der Waals surface area contributed by atoms with E-state index >= 15 is 0 Å². The van der Waals surface area contributed by atoms with Gasteiger partial charge in [0.1, 0.15) is 5.58 Å². The number of aryl methyl sites for hydroxylation is 1. The number of hydrogen-bond acceptors (Lipinski definition) is 5. The summed E-state index contributed by atoms with van der Waals surface area (Å²) in [6, 6.07) is 76.4. The van der Waals surface area contributed by atoms with Gasteiger partial charge < -0.3 is 18.3 Å². The first kappa shape index (κ1) is 54.4. The first-order chi connectivity index (χ1) is 40.3. The van der Waals surface area contributed by atoms with Crippen molar-refractivity contribution >= 4 is 65.7 Å². The molecule has 7 nitrogen and oxygen atoms in total. The van der Waals surface area contributed by atoms with E-state index in [0.29, 0.717) is 28.5 Å². The van der Waals surface area contributed by atoms with E-state index in [1.54, 1.807) is 0 Å². The van der Waals surface area contributed by atoms with Crippen molar-refractivity contribution in [3.8, 4) is 67.9 Å². The maximum Gasteiger partial charge on any atom is 2.00 e. The first-order valence-electron chi connectivity index (χ1n) is 29.1. The predicted molar refractivity (Wildman–Crippen MR) is 343 cm³/mol. The summed E-state index contributed by atoms with van der Waals surface area (Å²) in [5.74, 6) is 3.28. The molecule has 8 heteroatoms. The number of benzene rings is 10. The average molecular weight is 1270 g/mol. The molecule has 0 unspecified atom stereocenters. The number of furan rings is 1. The van der Waals surface area contributed by atoms with Gasteiger partial charge in [-0.2, -0.15) is 0 Å². The summed E-state index contributed by atoms with van der Waals surface area (Å²) < 4.78 is 19.1. The van der Waals surface area contributed by atoms with Crippen LogP contribution in [0.25, 0.3) is 122 Å². The minimum absolute atomic E-state index is 0. The molecule has 14 aromatic rings. The summed E-state index contributed by atoms with van der Waals surface area (Å²) in [4.78, 5) is 15.9. The third-order valence-corrected chi connectivity index (χ3v) is 16.5. The van der Waals surface area contributed by atoms with Crippen molar-refractivity contribution in [2.24, 2.45) is 0 Å². The van der Waals surface area contributed by atoms with Crippen LogP contribution < -0.4 is 4.74 Å². The molecule has 0 fully saturated rings. The molecule has 0 bridgehead atoms. The van der Waals surface area contributed by atoms with Gasteiger partial charge in [-0.15, -0.1) is 23.8 Å².